The molecule has 2 aromatic carbocycles. The fourth-order valence-electron chi connectivity index (χ4n) is 1.50. The summed E-state index contributed by atoms with van der Waals surface area (Å²) < 4.78 is 25.1. The van der Waals surface area contributed by atoms with Gasteiger partial charge in [-0.1, -0.05) is 24.3 Å². The van der Waals surface area contributed by atoms with Crippen molar-refractivity contribution in [2.75, 3.05) is 0 Å². The Morgan fingerprint density at radius 1 is 0.929 bits per heavy atom. The van der Waals surface area contributed by atoms with Crippen molar-refractivity contribution in [2.45, 2.75) is 6.43 Å². The number of phenols is 1. The molecule has 0 unspecified atom stereocenters. The number of hydrogen-bond donors (Lipinski definition) is 1. The molecule has 1 N–H and O–H groups in total. The van der Waals surface area contributed by atoms with Crippen molar-refractivity contribution in [1.82, 2.24) is 0 Å². The van der Waals surface area contributed by atoms with Gasteiger partial charge >= 0.3 is 0 Å². The Balaban J connectivity index is 2.82. The fraction of sp³-hybridized carbons (Fsp3) is 0.0909. The maximum absolute atomic E-state index is 12.5. The zero-order chi connectivity index (χ0) is 10.1. The number of aromatic hydroxyl groups is 1. The van der Waals surface area contributed by atoms with Gasteiger partial charge in [0.25, 0.3) is 6.43 Å². The first-order chi connectivity index (χ1) is 6.70. The molecule has 0 amide bonds. The number of rotatable bonds is 1. The Morgan fingerprint density at radius 2 is 1.57 bits per heavy atom. The van der Waals surface area contributed by atoms with E-state index in [0.717, 1.165) is 0 Å². The van der Waals surface area contributed by atoms with Crippen molar-refractivity contribution >= 4 is 10.8 Å². The first kappa shape index (κ1) is 8.94. The molecule has 0 fully saturated rings. The molecule has 14 heavy (non-hydrogen) atoms. The maximum atomic E-state index is 12.5. The van der Waals surface area contributed by atoms with E-state index in [4.69, 9.17) is 0 Å². The van der Waals surface area contributed by atoms with Crippen LogP contribution in [-0.4, -0.2) is 5.11 Å². The van der Waals surface area contributed by atoms with Crippen LogP contribution in [0.5, 0.6) is 5.75 Å². The van der Waals surface area contributed by atoms with Gasteiger partial charge < -0.3 is 5.11 Å². The van der Waals surface area contributed by atoms with Crippen molar-refractivity contribution in [2.24, 2.45) is 0 Å². The van der Waals surface area contributed by atoms with Crippen molar-refractivity contribution in [1.29, 1.82) is 0 Å². The van der Waals surface area contributed by atoms with Crippen LogP contribution in [-0.2, 0) is 0 Å². The first-order valence-corrected chi connectivity index (χ1v) is 4.19. The number of alkyl halides is 2. The van der Waals surface area contributed by atoms with E-state index in [0.29, 0.717) is 10.8 Å². The van der Waals surface area contributed by atoms with E-state index >= 15 is 0 Å². The Kier molecular flexibility index (Phi) is 2.08. The van der Waals surface area contributed by atoms with Crippen LogP contribution < -0.4 is 0 Å². The molecule has 0 saturated carbocycles. The Hall–Kier alpha value is -1.64. The predicted octanol–water partition coefficient (Wildman–Crippen LogP) is 3.48. The topological polar surface area (TPSA) is 20.2 Å². The second-order valence-corrected chi connectivity index (χ2v) is 3.02. The normalized spacial score (nSPS) is 11.1. The van der Waals surface area contributed by atoms with Gasteiger partial charge in [-0.05, 0) is 17.5 Å². The molecule has 0 spiro atoms. The van der Waals surface area contributed by atoms with Crippen LogP contribution in [0.3, 0.4) is 0 Å². The molecule has 0 radical (unpaired) electrons. The Bertz CT molecular complexity index is 466. The quantitative estimate of drug-likeness (QED) is 0.736. The van der Waals surface area contributed by atoms with Crippen molar-refractivity contribution in [3.8, 4) is 5.75 Å². The lowest BCUT2D eigenvalue weighted by Crippen LogP contribution is -1.86. The Labute approximate surface area is 79.6 Å². The van der Waals surface area contributed by atoms with E-state index in [1.54, 1.807) is 24.3 Å². The summed E-state index contributed by atoms with van der Waals surface area (Å²) in [5.41, 5.74) is -0.0431. The first-order valence-electron chi connectivity index (χ1n) is 4.19. The lowest BCUT2D eigenvalue weighted by Gasteiger charge is -2.06. The molecule has 1 nitrogen and oxygen atoms in total. The molecule has 0 aromatic heterocycles. The van der Waals surface area contributed by atoms with Gasteiger partial charge in [0.15, 0.2) is 0 Å². The highest BCUT2D eigenvalue weighted by Crippen LogP contribution is 2.32. The molecular weight excluding hydrogens is 186 g/mol. The summed E-state index contributed by atoms with van der Waals surface area (Å²) in [6.07, 6.45) is -2.51. The minimum absolute atomic E-state index is 0.0324. The second-order valence-electron chi connectivity index (χ2n) is 3.02. The second kappa shape index (κ2) is 3.25. The Morgan fingerprint density at radius 3 is 2.21 bits per heavy atom. The van der Waals surface area contributed by atoms with Gasteiger partial charge in [-0.2, -0.15) is 0 Å². The van der Waals surface area contributed by atoms with Gasteiger partial charge in [-0.3, -0.25) is 0 Å². The molecular formula is C11H8F2O. The minimum atomic E-state index is -2.51. The standard InChI is InChI=1S/C11H8F2O/c12-11(13)9-5-6-10(14)8-4-2-1-3-7(8)9/h1-6,11,14H. The molecule has 2 rings (SSSR count). The lowest BCUT2D eigenvalue weighted by molar-refractivity contribution is 0.153. The minimum Gasteiger partial charge on any atom is -0.507 e. The molecule has 0 atom stereocenters. The molecule has 3 heteroatoms. The number of fused-ring (bicyclic) bond motifs is 1. The highest BCUT2D eigenvalue weighted by Gasteiger charge is 2.12. The van der Waals surface area contributed by atoms with Crippen LogP contribution in [0.2, 0.25) is 0 Å². The summed E-state index contributed by atoms with van der Waals surface area (Å²) in [5, 5.41) is 10.3. The predicted molar refractivity (Wildman–Crippen MR) is 50.6 cm³/mol. The molecule has 0 aliphatic carbocycles. The molecule has 0 bridgehead atoms. The van der Waals surface area contributed by atoms with Crippen LogP contribution in [0.4, 0.5) is 8.78 Å². The summed E-state index contributed by atoms with van der Waals surface area (Å²) in [6, 6.07) is 9.13. The van der Waals surface area contributed by atoms with E-state index in [2.05, 4.69) is 0 Å². The zero-order valence-corrected chi connectivity index (χ0v) is 7.24. The maximum Gasteiger partial charge on any atom is 0.264 e. The highest BCUT2D eigenvalue weighted by molar-refractivity contribution is 5.90. The van der Waals surface area contributed by atoms with Crippen molar-refractivity contribution in [3.05, 3.63) is 42.0 Å². The van der Waals surface area contributed by atoms with Crippen molar-refractivity contribution in [3.63, 3.8) is 0 Å². The summed E-state index contributed by atoms with van der Waals surface area (Å²) in [5.74, 6) is 0.0324. The fourth-order valence-corrected chi connectivity index (χ4v) is 1.50. The smallest absolute Gasteiger partial charge is 0.264 e. The van der Waals surface area contributed by atoms with Gasteiger partial charge in [0.2, 0.25) is 0 Å². The molecule has 0 saturated heterocycles. The molecule has 2 aromatic rings. The molecule has 0 heterocycles. The summed E-state index contributed by atoms with van der Waals surface area (Å²) >= 11 is 0. The van der Waals surface area contributed by atoms with Crippen LogP contribution in [0.25, 0.3) is 10.8 Å². The van der Waals surface area contributed by atoms with Crippen LogP contribution >= 0.6 is 0 Å². The summed E-state index contributed by atoms with van der Waals surface area (Å²) in [6.45, 7) is 0. The van der Waals surface area contributed by atoms with Gasteiger partial charge in [0, 0.05) is 10.9 Å². The number of phenolic OH excluding ortho intramolecular Hbond substituents is 1. The summed E-state index contributed by atoms with van der Waals surface area (Å²) in [7, 11) is 0. The SMILES string of the molecule is Oc1ccc(C(F)F)c2ccccc12. The highest BCUT2D eigenvalue weighted by atomic mass is 19.3. The largest absolute Gasteiger partial charge is 0.507 e. The monoisotopic (exact) mass is 194 g/mol. The van der Waals surface area contributed by atoms with E-state index in [1.807, 2.05) is 0 Å². The van der Waals surface area contributed by atoms with Crippen molar-refractivity contribution < 1.29 is 13.9 Å². The van der Waals surface area contributed by atoms with Gasteiger partial charge in [0.1, 0.15) is 5.75 Å². The average molecular weight is 194 g/mol. The molecule has 0 aliphatic heterocycles. The third kappa shape index (κ3) is 1.31. The third-order valence-electron chi connectivity index (χ3n) is 2.17. The van der Waals surface area contributed by atoms with Gasteiger partial charge in [0.05, 0.1) is 0 Å². The van der Waals surface area contributed by atoms with Gasteiger partial charge in [-0.25, -0.2) is 8.78 Å². The molecule has 0 aliphatic rings. The van der Waals surface area contributed by atoms with E-state index in [-0.39, 0.29) is 11.3 Å². The van der Waals surface area contributed by atoms with Crippen LogP contribution in [0.1, 0.15) is 12.0 Å². The number of halogens is 2. The lowest BCUT2D eigenvalue weighted by atomic mass is 10.0. The number of benzene rings is 2. The third-order valence-corrected chi connectivity index (χ3v) is 2.17. The summed E-state index contributed by atoms with van der Waals surface area (Å²) in [4.78, 5) is 0. The van der Waals surface area contributed by atoms with E-state index < -0.39 is 6.43 Å². The van der Waals surface area contributed by atoms with Gasteiger partial charge in [-0.15, -0.1) is 0 Å². The van der Waals surface area contributed by atoms with Crippen LogP contribution in [0, 0.1) is 0 Å². The molecule has 72 valence electrons. The zero-order valence-electron chi connectivity index (χ0n) is 7.24. The average Bonchev–Trinajstić information content (AvgIpc) is 2.18. The van der Waals surface area contributed by atoms with Crippen LogP contribution in [0.15, 0.2) is 36.4 Å². The van der Waals surface area contributed by atoms with E-state index in [9.17, 15) is 13.9 Å². The number of hydrogen-bond acceptors (Lipinski definition) is 1. The van der Waals surface area contributed by atoms with E-state index in [1.165, 1.54) is 12.1 Å².